The summed E-state index contributed by atoms with van der Waals surface area (Å²) in [5.74, 6) is 3.34. The van der Waals surface area contributed by atoms with E-state index >= 15 is 0 Å². The minimum atomic E-state index is 0.0902. The van der Waals surface area contributed by atoms with Gasteiger partial charge in [0.2, 0.25) is 0 Å². The Hall–Kier alpha value is -2.62. The van der Waals surface area contributed by atoms with Crippen molar-refractivity contribution >= 4 is 16.9 Å². The molecule has 0 radical (unpaired) electrons. The Morgan fingerprint density at radius 1 is 1.00 bits per heavy atom. The smallest absolute Gasteiger partial charge is 0.251 e. The minimum Gasteiger partial charge on any atom is -0.349 e. The van der Waals surface area contributed by atoms with Gasteiger partial charge in [0, 0.05) is 17.5 Å². The molecule has 166 valence electrons. The molecule has 2 saturated carbocycles. The molecule has 0 spiro atoms. The fraction of sp³-hybridized carbons (Fsp3) is 0.500. The van der Waals surface area contributed by atoms with Crippen LogP contribution in [0.3, 0.4) is 0 Å². The lowest BCUT2D eigenvalue weighted by atomic mass is 9.80. The maximum absolute atomic E-state index is 13.1. The van der Waals surface area contributed by atoms with Crippen molar-refractivity contribution in [3.8, 4) is 0 Å². The van der Waals surface area contributed by atoms with Crippen LogP contribution in [-0.2, 0) is 12.8 Å². The SMILES string of the molecule is O=C(N[C@H]1CCC[C@H](c2nc3ccccc3[nH]2)C1)c1ccc2c(c1)CC(CC1CC1)CC2. The van der Waals surface area contributed by atoms with Gasteiger partial charge >= 0.3 is 0 Å². The van der Waals surface area contributed by atoms with Crippen molar-refractivity contribution in [3.63, 3.8) is 0 Å². The lowest BCUT2D eigenvalue weighted by molar-refractivity contribution is 0.0924. The van der Waals surface area contributed by atoms with Crippen molar-refractivity contribution < 1.29 is 4.79 Å². The van der Waals surface area contributed by atoms with Crippen molar-refractivity contribution in [2.24, 2.45) is 11.8 Å². The highest BCUT2D eigenvalue weighted by atomic mass is 16.1. The highest BCUT2D eigenvalue weighted by Crippen LogP contribution is 2.39. The number of para-hydroxylation sites is 2. The van der Waals surface area contributed by atoms with E-state index in [1.165, 1.54) is 43.2 Å². The van der Waals surface area contributed by atoms with Gasteiger partial charge in [0.1, 0.15) is 5.82 Å². The number of fused-ring (bicyclic) bond motifs is 2. The average Bonchev–Trinajstić information content (AvgIpc) is 3.52. The van der Waals surface area contributed by atoms with Crippen LogP contribution in [0.5, 0.6) is 0 Å². The van der Waals surface area contributed by atoms with Gasteiger partial charge in [-0.2, -0.15) is 0 Å². The molecule has 4 nitrogen and oxygen atoms in total. The van der Waals surface area contributed by atoms with E-state index < -0.39 is 0 Å². The minimum absolute atomic E-state index is 0.0902. The number of carbonyl (C=O) groups is 1. The molecule has 3 aromatic rings. The quantitative estimate of drug-likeness (QED) is 0.531. The van der Waals surface area contributed by atoms with Crippen LogP contribution in [0.15, 0.2) is 42.5 Å². The molecule has 4 heteroatoms. The predicted molar refractivity (Wildman–Crippen MR) is 128 cm³/mol. The van der Waals surface area contributed by atoms with Gasteiger partial charge in [0.15, 0.2) is 0 Å². The summed E-state index contributed by atoms with van der Waals surface area (Å²) in [7, 11) is 0. The van der Waals surface area contributed by atoms with Crippen LogP contribution in [0.25, 0.3) is 11.0 Å². The van der Waals surface area contributed by atoms with Gasteiger partial charge < -0.3 is 10.3 Å². The molecule has 1 unspecified atom stereocenters. The largest absolute Gasteiger partial charge is 0.349 e. The van der Waals surface area contributed by atoms with Crippen LogP contribution in [0.2, 0.25) is 0 Å². The number of hydrogen-bond acceptors (Lipinski definition) is 2. The number of H-pyrrole nitrogens is 1. The molecule has 2 fully saturated rings. The molecular formula is C28H33N3O. The van der Waals surface area contributed by atoms with Crippen LogP contribution < -0.4 is 5.32 Å². The van der Waals surface area contributed by atoms with Gasteiger partial charge in [-0.05, 0) is 92.2 Å². The normalized spacial score (nSPS) is 25.4. The number of hydrogen-bond donors (Lipinski definition) is 2. The number of carbonyl (C=O) groups excluding carboxylic acids is 1. The summed E-state index contributed by atoms with van der Waals surface area (Å²) < 4.78 is 0. The molecule has 2 N–H and O–H groups in total. The number of benzene rings is 2. The number of amides is 1. The Morgan fingerprint density at radius 2 is 1.91 bits per heavy atom. The number of nitrogens with one attached hydrogen (secondary N) is 2. The molecule has 1 heterocycles. The summed E-state index contributed by atoms with van der Waals surface area (Å²) in [6.45, 7) is 0. The highest BCUT2D eigenvalue weighted by Gasteiger charge is 2.29. The summed E-state index contributed by atoms with van der Waals surface area (Å²) in [5.41, 5.74) is 5.83. The maximum atomic E-state index is 13.1. The first-order valence-corrected chi connectivity index (χ1v) is 12.6. The topological polar surface area (TPSA) is 57.8 Å². The van der Waals surface area contributed by atoms with Gasteiger partial charge in [-0.3, -0.25) is 4.79 Å². The van der Waals surface area contributed by atoms with Gasteiger partial charge in [-0.25, -0.2) is 4.98 Å². The van der Waals surface area contributed by atoms with Crippen molar-refractivity contribution in [3.05, 3.63) is 65.0 Å². The van der Waals surface area contributed by atoms with Crippen LogP contribution in [0, 0.1) is 11.8 Å². The zero-order valence-electron chi connectivity index (χ0n) is 18.8. The van der Waals surface area contributed by atoms with Gasteiger partial charge in [0.05, 0.1) is 11.0 Å². The number of aryl methyl sites for hydroxylation is 1. The number of rotatable bonds is 5. The average molecular weight is 428 g/mol. The Labute approximate surface area is 190 Å². The second-order valence-corrected chi connectivity index (χ2v) is 10.4. The zero-order valence-corrected chi connectivity index (χ0v) is 18.8. The summed E-state index contributed by atoms with van der Waals surface area (Å²) in [6.07, 6.45) is 12.2. The third-order valence-corrected chi connectivity index (χ3v) is 7.97. The van der Waals surface area contributed by atoms with E-state index in [2.05, 4.69) is 34.6 Å². The van der Waals surface area contributed by atoms with Crippen molar-refractivity contribution in [2.75, 3.05) is 0 Å². The van der Waals surface area contributed by atoms with Crippen LogP contribution in [-0.4, -0.2) is 21.9 Å². The molecular weight excluding hydrogens is 394 g/mol. The molecule has 0 bridgehead atoms. The molecule has 6 rings (SSSR count). The summed E-state index contributed by atoms with van der Waals surface area (Å²) in [5, 5.41) is 3.35. The monoisotopic (exact) mass is 427 g/mol. The zero-order chi connectivity index (χ0) is 21.5. The Kier molecular flexibility index (Phi) is 5.24. The molecule has 0 saturated heterocycles. The lowest BCUT2D eigenvalue weighted by Crippen LogP contribution is -2.38. The van der Waals surface area contributed by atoms with Crippen molar-refractivity contribution in [2.45, 2.75) is 76.2 Å². The van der Waals surface area contributed by atoms with E-state index in [-0.39, 0.29) is 11.9 Å². The van der Waals surface area contributed by atoms with Crippen molar-refractivity contribution in [1.29, 1.82) is 0 Å². The van der Waals surface area contributed by atoms with E-state index in [4.69, 9.17) is 4.98 Å². The summed E-state index contributed by atoms with van der Waals surface area (Å²) in [6, 6.07) is 14.9. The molecule has 3 aliphatic carbocycles. The second-order valence-electron chi connectivity index (χ2n) is 10.4. The van der Waals surface area contributed by atoms with Crippen molar-refractivity contribution in [1.82, 2.24) is 15.3 Å². The first-order chi connectivity index (χ1) is 15.7. The van der Waals surface area contributed by atoms with Gasteiger partial charge in [0.25, 0.3) is 5.91 Å². The lowest BCUT2D eigenvalue weighted by Gasteiger charge is -2.29. The van der Waals surface area contributed by atoms with E-state index in [9.17, 15) is 4.79 Å². The molecule has 0 aliphatic heterocycles. The number of nitrogens with zero attached hydrogens (tertiary/aromatic N) is 1. The molecule has 1 amide bonds. The van der Waals surface area contributed by atoms with E-state index in [1.54, 1.807) is 0 Å². The Balaban J connectivity index is 1.12. The molecule has 3 atom stereocenters. The van der Waals surface area contributed by atoms with Gasteiger partial charge in [-0.1, -0.05) is 37.5 Å². The third kappa shape index (κ3) is 4.20. The van der Waals surface area contributed by atoms with E-state index in [0.29, 0.717) is 5.92 Å². The fourth-order valence-electron chi connectivity index (χ4n) is 6.00. The van der Waals surface area contributed by atoms with E-state index in [0.717, 1.165) is 66.4 Å². The van der Waals surface area contributed by atoms with Gasteiger partial charge in [-0.15, -0.1) is 0 Å². The summed E-state index contributed by atoms with van der Waals surface area (Å²) in [4.78, 5) is 21.4. The van der Waals surface area contributed by atoms with Crippen LogP contribution in [0.1, 0.15) is 84.6 Å². The third-order valence-electron chi connectivity index (χ3n) is 7.97. The van der Waals surface area contributed by atoms with E-state index in [1.807, 2.05) is 18.2 Å². The summed E-state index contributed by atoms with van der Waals surface area (Å²) >= 11 is 0. The number of imidazole rings is 1. The number of aromatic nitrogens is 2. The van der Waals surface area contributed by atoms with Crippen LogP contribution >= 0.6 is 0 Å². The second kappa shape index (κ2) is 8.38. The maximum Gasteiger partial charge on any atom is 0.251 e. The molecule has 2 aromatic carbocycles. The molecule has 3 aliphatic rings. The molecule has 32 heavy (non-hydrogen) atoms. The first kappa shape index (κ1) is 20.0. The van der Waals surface area contributed by atoms with Crippen LogP contribution in [0.4, 0.5) is 0 Å². The fourth-order valence-corrected chi connectivity index (χ4v) is 6.00. The highest BCUT2D eigenvalue weighted by molar-refractivity contribution is 5.94. The first-order valence-electron chi connectivity index (χ1n) is 12.6. The number of aromatic amines is 1. The Morgan fingerprint density at radius 3 is 2.78 bits per heavy atom. The molecule has 1 aromatic heterocycles. The Bertz CT molecular complexity index is 1100. The standard InChI is InChI=1S/C28H33N3O/c32-28(22-13-12-20-11-10-19(14-18-8-9-18)15-23(20)16-22)29-24-5-3-4-21(17-24)27-30-25-6-1-2-7-26(25)31-27/h1-2,6-7,12-13,16,18-19,21,24H,3-5,8-11,14-15,17H2,(H,29,32)(H,30,31)/t19?,21-,24-/m0/s1. The predicted octanol–water partition coefficient (Wildman–Crippen LogP) is 5.92.